The standard InChI is InChI=1S/C22H27FO3/c1-12-8-16-14-10-18(23)17-9-13(25)4-6-21(17,2)15(14)5-7-22(16,3)20(12)19(26)11-24/h4-6,9,12,14,16,18,20,24H,7-8,10-11H2,1-3H3/t12-,14-,16+,18+,20-,21-,22+/m1/s1. The molecule has 0 aliphatic heterocycles. The van der Waals surface area contributed by atoms with Crippen LogP contribution in [-0.2, 0) is 9.59 Å². The normalized spacial score (nSPS) is 46.8. The lowest BCUT2D eigenvalue weighted by atomic mass is 9.51. The summed E-state index contributed by atoms with van der Waals surface area (Å²) in [5, 5.41) is 9.44. The molecule has 3 nitrogen and oxygen atoms in total. The molecule has 0 unspecified atom stereocenters. The molecule has 0 heterocycles. The summed E-state index contributed by atoms with van der Waals surface area (Å²) in [5.74, 6) is 0.137. The Morgan fingerprint density at radius 3 is 2.73 bits per heavy atom. The van der Waals surface area contributed by atoms with Crippen molar-refractivity contribution in [3.8, 4) is 0 Å². The number of aliphatic hydroxyl groups excluding tert-OH is 1. The molecule has 2 saturated carbocycles. The molecule has 4 aliphatic carbocycles. The molecule has 0 radical (unpaired) electrons. The number of hydrogen-bond acceptors (Lipinski definition) is 3. The molecule has 0 aromatic heterocycles. The van der Waals surface area contributed by atoms with Gasteiger partial charge in [-0.15, -0.1) is 0 Å². The molecule has 26 heavy (non-hydrogen) atoms. The summed E-state index contributed by atoms with van der Waals surface area (Å²) in [6.45, 7) is 5.83. The van der Waals surface area contributed by atoms with Crippen molar-refractivity contribution < 1.29 is 19.1 Å². The molecule has 4 heteroatoms. The highest BCUT2D eigenvalue weighted by Gasteiger charge is 2.60. The van der Waals surface area contributed by atoms with Crippen molar-refractivity contribution in [3.05, 3.63) is 35.5 Å². The maximum Gasteiger partial charge on any atom is 0.178 e. The summed E-state index contributed by atoms with van der Waals surface area (Å²) < 4.78 is 15.1. The van der Waals surface area contributed by atoms with Gasteiger partial charge in [0.1, 0.15) is 12.8 Å². The number of alkyl halides is 1. The molecule has 0 saturated heterocycles. The van der Waals surface area contributed by atoms with E-state index in [1.807, 2.05) is 13.0 Å². The molecule has 140 valence electrons. The number of carbonyl (C=O) groups is 2. The maximum atomic E-state index is 15.1. The molecule has 2 fully saturated rings. The molecular formula is C22H27FO3. The minimum atomic E-state index is -1.12. The third-order valence-electron chi connectivity index (χ3n) is 7.78. The van der Waals surface area contributed by atoms with Crippen LogP contribution in [-0.4, -0.2) is 29.5 Å². The molecule has 0 spiro atoms. The van der Waals surface area contributed by atoms with Gasteiger partial charge in [0.05, 0.1) is 0 Å². The van der Waals surface area contributed by atoms with E-state index >= 15 is 4.39 Å². The second kappa shape index (κ2) is 5.72. The van der Waals surface area contributed by atoms with E-state index in [2.05, 4.69) is 19.9 Å². The summed E-state index contributed by atoms with van der Waals surface area (Å²) in [6, 6.07) is 0. The van der Waals surface area contributed by atoms with Crippen molar-refractivity contribution in [3.63, 3.8) is 0 Å². The van der Waals surface area contributed by atoms with Gasteiger partial charge in [0.2, 0.25) is 0 Å². The first-order chi connectivity index (χ1) is 12.2. The predicted molar refractivity (Wildman–Crippen MR) is 97.0 cm³/mol. The Hall–Kier alpha value is -1.55. The molecule has 0 amide bonds. The van der Waals surface area contributed by atoms with E-state index in [-0.39, 0.29) is 40.7 Å². The minimum Gasteiger partial charge on any atom is -0.389 e. The fourth-order valence-electron chi connectivity index (χ4n) is 6.68. The number of hydrogen-bond donors (Lipinski definition) is 1. The quantitative estimate of drug-likeness (QED) is 0.768. The number of ketones is 2. The van der Waals surface area contributed by atoms with Crippen LogP contribution in [0.1, 0.15) is 40.0 Å². The van der Waals surface area contributed by atoms with Crippen LogP contribution in [0.2, 0.25) is 0 Å². The van der Waals surface area contributed by atoms with Crippen LogP contribution in [0.4, 0.5) is 4.39 Å². The average molecular weight is 358 g/mol. The number of fused-ring (bicyclic) bond motifs is 5. The van der Waals surface area contributed by atoms with Gasteiger partial charge in [0.25, 0.3) is 0 Å². The summed E-state index contributed by atoms with van der Waals surface area (Å²) >= 11 is 0. The van der Waals surface area contributed by atoms with E-state index in [1.54, 1.807) is 6.08 Å². The summed E-state index contributed by atoms with van der Waals surface area (Å²) in [6.07, 6.45) is 8.03. The lowest BCUT2D eigenvalue weighted by Gasteiger charge is -2.53. The summed E-state index contributed by atoms with van der Waals surface area (Å²) in [5.41, 5.74) is 1.05. The monoisotopic (exact) mass is 358 g/mol. The number of rotatable bonds is 2. The Morgan fingerprint density at radius 2 is 2.04 bits per heavy atom. The predicted octanol–water partition coefficient (Wildman–Crippen LogP) is 3.59. The zero-order chi connectivity index (χ0) is 18.9. The molecule has 0 aromatic rings. The van der Waals surface area contributed by atoms with Gasteiger partial charge in [-0.25, -0.2) is 4.39 Å². The highest BCUT2D eigenvalue weighted by Crippen LogP contribution is 2.65. The molecule has 7 atom stereocenters. The van der Waals surface area contributed by atoms with Crippen molar-refractivity contribution in [2.45, 2.75) is 46.2 Å². The van der Waals surface area contributed by atoms with E-state index in [0.29, 0.717) is 12.0 Å². The summed E-state index contributed by atoms with van der Waals surface area (Å²) in [7, 11) is 0. The smallest absolute Gasteiger partial charge is 0.178 e. The Bertz CT molecular complexity index is 763. The molecule has 0 aromatic carbocycles. The van der Waals surface area contributed by atoms with Crippen LogP contribution in [0.3, 0.4) is 0 Å². The van der Waals surface area contributed by atoms with Crippen LogP contribution >= 0.6 is 0 Å². The first kappa shape index (κ1) is 17.8. The third kappa shape index (κ3) is 2.20. The third-order valence-corrected chi connectivity index (χ3v) is 7.78. The zero-order valence-corrected chi connectivity index (χ0v) is 15.7. The van der Waals surface area contributed by atoms with Crippen molar-refractivity contribution in [1.82, 2.24) is 0 Å². The van der Waals surface area contributed by atoms with Gasteiger partial charge in [0.15, 0.2) is 11.6 Å². The number of Topliss-reactive ketones (excluding diaryl/α,β-unsaturated/α-hetero) is 1. The second-order valence-electron chi connectivity index (χ2n) is 9.14. The van der Waals surface area contributed by atoms with Gasteiger partial charge in [-0.1, -0.05) is 31.6 Å². The number of halogens is 1. The van der Waals surface area contributed by atoms with Crippen LogP contribution in [0, 0.1) is 34.5 Å². The van der Waals surface area contributed by atoms with Crippen LogP contribution in [0.5, 0.6) is 0 Å². The Balaban J connectivity index is 1.78. The number of allylic oxidation sites excluding steroid dienone is 6. The van der Waals surface area contributed by atoms with Crippen LogP contribution in [0.15, 0.2) is 35.5 Å². The topological polar surface area (TPSA) is 54.4 Å². The van der Waals surface area contributed by atoms with Crippen molar-refractivity contribution >= 4 is 11.6 Å². The SMILES string of the molecule is C[C@@H]1C[C@H]2[C@@H]3C[C@H](F)C4=CC(=O)C=C[C@]4(C)C3=CC[C@]2(C)[C@H]1C(=O)CO. The Kier molecular flexibility index (Phi) is 3.93. The zero-order valence-electron chi connectivity index (χ0n) is 15.7. The largest absolute Gasteiger partial charge is 0.389 e. The minimum absolute atomic E-state index is 0.0816. The van der Waals surface area contributed by atoms with Crippen LogP contribution < -0.4 is 0 Å². The van der Waals surface area contributed by atoms with E-state index in [9.17, 15) is 14.7 Å². The molecule has 0 bridgehead atoms. The van der Waals surface area contributed by atoms with E-state index in [1.165, 1.54) is 11.6 Å². The van der Waals surface area contributed by atoms with E-state index in [0.717, 1.165) is 12.8 Å². The first-order valence-corrected chi connectivity index (χ1v) is 9.66. The first-order valence-electron chi connectivity index (χ1n) is 9.66. The van der Waals surface area contributed by atoms with Crippen molar-refractivity contribution in [2.24, 2.45) is 34.5 Å². The lowest BCUT2D eigenvalue weighted by Crippen LogP contribution is -2.47. The summed E-state index contributed by atoms with van der Waals surface area (Å²) in [4.78, 5) is 24.2. The van der Waals surface area contributed by atoms with Crippen LogP contribution in [0.25, 0.3) is 0 Å². The maximum absolute atomic E-state index is 15.1. The van der Waals surface area contributed by atoms with Gasteiger partial charge in [-0.3, -0.25) is 9.59 Å². The highest BCUT2D eigenvalue weighted by molar-refractivity contribution is 6.01. The fourth-order valence-corrected chi connectivity index (χ4v) is 6.68. The van der Waals surface area contributed by atoms with Gasteiger partial charge >= 0.3 is 0 Å². The lowest BCUT2D eigenvalue weighted by molar-refractivity contribution is -0.131. The molecule has 4 rings (SSSR count). The van der Waals surface area contributed by atoms with Crippen molar-refractivity contribution in [1.29, 1.82) is 0 Å². The van der Waals surface area contributed by atoms with Crippen molar-refractivity contribution in [2.75, 3.05) is 6.61 Å². The van der Waals surface area contributed by atoms with E-state index < -0.39 is 18.2 Å². The fraction of sp³-hybridized carbons (Fsp3) is 0.636. The van der Waals surface area contributed by atoms with Gasteiger partial charge in [-0.2, -0.15) is 0 Å². The Labute approximate surface area is 154 Å². The Morgan fingerprint density at radius 1 is 1.31 bits per heavy atom. The molecular weight excluding hydrogens is 331 g/mol. The number of carbonyl (C=O) groups excluding carboxylic acids is 2. The second-order valence-corrected chi connectivity index (χ2v) is 9.14. The van der Waals surface area contributed by atoms with Gasteiger partial charge in [0, 0.05) is 11.3 Å². The molecule has 4 aliphatic rings. The average Bonchev–Trinajstić information content (AvgIpc) is 2.86. The number of aliphatic hydroxyl groups is 1. The van der Waals surface area contributed by atoms with Gasteiger partial charge in [-0.05, 0) is 67.1 Å². The van der Waals surface area contributed by atoms with E-state index in [4.69, 9.17) is 0 Å². The van der Waals surface area contributed by atoms with Gasteiger partial charge < -0.3 is 5.11 Å². The highest BCUT2D eigenvalue weighted by atomic mass is 19.1. The molecule has 1 N–H and O–H groups in total.